The Hall–Kier alpha value is -1.53. The molecule has 0 radical (unpaired) electrons. The Morgan fingerprint density at radius 2 is 2.11 bits per heavy atom. The molecule has 0 spiro atoms. The summed E-state index contributed by atoms with van der Waals surface area (Å²) in [6.45, 7) is 3.99. The van der Waals surface area contributed by atoms with Crippen LogP contribution >= 0.6 is 0 Å². The van der Waals surface area contributed by atoms with E-state index in [1.807, 2.05) is 0 Å². The summed E-state index contributed by atoms with van der Waals surface area (Å²) in [4.78, 5) is 11.6. The zero-order valence-corrected chi connectivity index (χ0v) is 10.7. The third-order valence-corrected chi connectivity index (χ3v) is 2.34. The minimum atomic E-state index is -0.869. The van der Waals surface area contributed by atoms with Crippen molar-refractivity contribution in [1.82, 2.24) is 4.90 Å². The maximum Gasteiger partial charge on any atom is 0.272 e. The summed E-state index contributed by atoms with van der Waals surface area (Å²) in [6, 6.07) is 3.58. The van der Waals surface area contributed by atoms with Crippen LogP contribution in [0.25, 0.3) is 0 Å². The Labute approximate surface area is 105 Å². The van der Waals surface area contributed by atoms with Gasteiger partial charge in [0.15, 0.2) is 0 Å². The second kappa shape index (κ2) is 5.41. The molecule has 0 unspecified atom stereocenters. The first-order chi connectivity index (χ1) is 8.19. The molecule has 1 aromatic rings. The van der Waals surface area contributed by atoms with Crippen LogP contribution in [0.2, 0.25) is 0 Å². The third kappa shape index (κ3) is 4.38. The zero-order chi connectivity index (χ0) is 13.9. The summed E-state index contributed by atoms with van der Waals surface area (Å²) in [6.07, 6.45) is 0. The number of hydrogen-bond acceptors (Lipinski definition) is 4. The molecule has 0 aliphatic rings. The van der Waals surface area contributed by atoms with E-state index in [1.54, 1.807) is 25.8 Å². The molecule has 5 nitrogen and oxygen atoms in total. The van der Waals surface area contributed by atoms with Crippen LogP contribution in [0.3, 0.4) is 0 Å². The Morgan fingerprint density at radius 1 is 1.50 bits per heavy atom. The number of non-ortho nitro benzene ring substituents is 1. The second-order valence-electron chi connectivity index (χ2n) is 5.02. The maximum atomic E-state index is 13.6. The van der Waals surface area contributed by atoms with E-state index >= 15 is 0 Å². The largest absolute Gasteiger partial charge is 0.389 e. The average Bonchev–Trinajstić information content (AvgIpc) is 2.17. The first kappa shape index (κ1) is 14.5. The Balaban J connectivity index is 2.77. The van der Waals surface area contributed by atoms with Crippen LogP contribution in [0, 0.1) is 15.9 Å². The van der Waals surface area contributed by atoms with Gasteiger partial charge in [0, 0.05) is 24.7 Å². The fraction of sp³-hybridized carbons (Fsp3) is 0.500. The van der Waals surface area contributed by atoms with Crippen molar-refractivity contribution < 1.29 is 14.4 Å². The van der Waals surface area contributed by atoms with Gasteiger partial charge in [0.2, 0.25) is 0 Å². The number of likely N-dealkylation sites (N-methyl/N-ethyl adjacent to an activating group) is 1. The average molecular weight is 256 g/mol. The standard InChI is InChI=1S/C12H17FN2O3/c1-12(2,16)8-14(3)7-9-4-5-10(15(17)18)6-11(9)13/h4-6,16H,7-8H2,1-3H3. The molecule has 0 heterocycles. The van der Waals surface area contributed by atoms with Gasteiger partial charge in [-0.2, -0.15) is 0 Å². The number of nitro benzene ring substituents is 1. The van der Waals surface area contributed by atoms with Crippen LogP contribution in [0.5, 0.6) is 0 Å². The fourth-order valence-corrected chi connectivity index (χ4v) is 1.79. The highest BCUT2D eigenvalue weighted by atomic mass is 19.1. The lowest BCUT2D eigenvalue weighted by atomic mass is 10.1. The van der Waals surface area contributed by atoms with Gasteiger partial charge in [0.1, 0.15) is 5.82 Å². The van der Waals surface area contributed by atoms with Gasteiger partial charge in [-0.25, -0.2) is 4.39 Å². The Kier molecular flexibility index (Phi) is 4.37. The molecule has 0 aromatic heterocycles. The SMILES string of the molecule is CN(Cc1ccc([N+](=O)[O-])cc1F)CC(C)(C)O. The van der Waals surface area contributed by atoms with Crippen LogP contribution in [0.15, 0.2) is 18.2 Å². The minimum Gasteiger partial charge on any atom is -0.389 e. The van der Waals surface area contributed by atoms with E-state index in [-0.39, 0.29) is 12.2 Å². The van der Waals surface area contributed by atoms with Gasteiger partial charge in [0.25, 0.3) is 5.69 Å². The van der Waals surface area contributed by atoms with Gasteiger partial charge < -0.3 is 5.11 Å². The summed E-state index contributed by atoms with van der Waals surface area (Å²) in [5.41, 5.74) is -0.764. The van der Waals surface area contributed by atoms with Crippen LogP contribution in [0.1, 0.15) is 19.4 Å². The first-order valence-electron chi connectivity index (χ1n) is 5.53. The van der Waals surface area contributed by atoms with Crippen molar-refractivity contribution in [2.24, 2.45) is 0 Å². The summed E-state index contributed by atoms with van der Waals surface area (Å²) in [7, 11) is 1.75. The van der Waals surface area contributed by atoms with E-state index in [0.717, 1.165) is 6.07 Å². The third-order valence-electron chi connectivity index (χ3n) is 2.34. The van der Waals surface area contributed by atoms with Crippen LogP contribution in [-0.2, 0) is 6.54 Å². The molecule has 1 N–H and O–H groups in total. The highest BCUT2D eigenvalue weighted by Crippen LogP contribution is 2.18. The predicted octanol–water partition coefficient (Wildman–Crippen LogP) is 1.94. The molecule has 1 aromatic carbocycles. The van der Waals surface area contributed by atoms with E-state index in [0.29, 0.717) is 12.1 Å². The molecule has 0 bridgehead atoms. The van der Waals surface area contributed by atoms with Crippen molar-refractivity contribution in [1.29, 1.82) is 0 Å². The molecule has 6 heteroatoms. The highest BCUT2D eigenvalue weighted by Gasteiger charge is 2.17. The van der Waals surface area contributed by atoms with Gasteiger partial charge in [-0.05, 0) is 27.0 Å². The van der Waals surface area contributed by atoms with Gasteiger partial charge in [-0.15, -0.1) is 0 Å². The summed E-state index contributed by atoms with van der Waals surface area (Å²) in [5, 5.41) is 20.1. The topological polar surface area (TPSA) is 66.6 Å². The second-order valence-corrected chi connectivity index (χ2v) is 5.02. The Morgan fingerprint density at radius 3 is 2.56 bits per heavy atom. The van der Waals surface area contributed by atoms with E-state index in [4.69, 9.17) is 0 Å². The van der Waals surface area contributed by atoms with Crippen LogP contribution in [0.4, 0.5) is 10.1 Å². The van der Waals surface area contributed by atoms with Gasteiger partial charge >= 0.3 is 0 Å². The number of hydrogen-bond donors (Lipinski definition) is 1. The quantitative estimate of drug-likeness (QED) is 0.645. The maximum absolute atomic E-state index is 13.6. The summed E-state index contributed by atoms with van der Waals surface area (Å²) in [5.74, 6) is -0.605. The van der Waals surface area contributed by atoms with Crippen molar-refractivity contribution >= 4 is 5.69 Å². The lowest BCUT2D eigenvalue weighted by Gasteiger charge is -2.25. The normalized spacial score (nSPS) is 11.9. The van der Waals surface area contributed by atoms with E-state index in [2.05, 4.69) is 0 Å². The minimum absolute atomic E-state index is 0.263. The summed E-state index contributed by atoms with van der Waals surface area (Å²) >= 11 is 0. The lowest BCUT2D eigenvalue weighted by molar-refractivity contribution is -0.385. The zero-order valence-electron chi connectivity index (χ0n) is 10.7. The van der Waals surface area contributed by atoms with Gasteiger partial charge in [-0.3, -0.25) is 15.0 Å². The van der Waals surface area contributed by atoms with Gasteiger partial charge in [-0.1, -0.05) is 0 Å². The van der Waals surface area contributed by atoms with Crippen molar-refractivity contribution in [2.45, 2.75) is 26.0 Å². The lowest BCUT2D eigenvalue weighted by Crippen LogP contribution is -2.35. The van der Waals surface area contributed by atoms with Crippen molar-refractivity contribution in [3.05, 3.63) is 39.7 Å². The van der Waals surface area contributed by atoms with E-state index < -0.39 is 16.3 Å². The molecule has 0 fully saturated rings. The molecule has 18 heavy (non-hydrogen) atoms. The predicted molar refractivity (Wildman–Crippen MR) is 65.7 cm³/mol. The number of rotatable bonds is 5. The van der Waals surface area contributed by atoms with Crippen molar-refractivity contribution in [3.63, 3.8) is 0 Å². The highest BCUT2D eigenvalue weighted by molar-refractivity contribution is 5.34. The van der Waals surface area contributed by atoms with Crippen LogP contribution in [-0.4, -0.2) is 34.1 Å². The van der Waals surface area contributed by atoms with Crippen LogP contribution < -0.4 is 0 Å². The molecular weight excluding hydrogens is 239 g/mol. The smallest absolute Gasteiger partial charge is 0.272 e. The number of nitrogens with zero attached hydrogens (tertiary/aromatic N) is 2. The number of nitro groups is 1. The molecule has 100 valence electrons. The fourth-order valence-electron chi connectivity index (χ4n) is 1.79. The number of halogens is 1. The molecule has 0 saturated carbocycles. The molecule has 0 atom stereocenters. The Bertz CT molecular complexity index is 443. The summed E-state index contributed by atoms with van der Waals surface area (Å²) < 4.78 is 13.6. The number of benzene rings is 1. The molecule has 0 aliphatic heterocycles. The monoisotopic (exact) mass is 256 g/mol. The van der Waals surface area contributed by atoms with E-state index in [9.17, 15) is 19.6 Å². The molecule has 0 aliphatic carbocycles. The first-order valence-corrected chi connectivity index (χ1v) is 5.53. The molecule has 0 saturated heterocycles. The number of aliphatic hydroxyl groups is 1. The van der Waals surface area contributed by atoms with E-state index in [1.165, 1.54) is 12.1 Å². The van der Waals surface area contributed by atoms with Crippen molar-refractivity contribution in [3.8, 4) is 0 Å². The van der Waals surface area contributed by atoms with Crippen molar-refractivity contribution in [2.75, 3.05) is 13.6 Å². The molecule has 1 rings (SSSR count). The molecular formula is C12H17FN2O3. The molecule has 0 amide bonds. The van der Waals surface area contributed by atoms with Gasteiger partial charge in [0.05, 0.1) is 16.6 Å².